The summed E-state index contributed by atoms with van der Waals surface area (Å²) in [4.78, 5) is 10.9. The molecule has 0 aromatic heterocycles. The Kier molecular flexibility index (Phi) is 2.20. The lowest BCUT2D eigenvalue weighted by Crippen LogP contribution is -2.52. The largest absolute Gasteiger partial charge is 0.622 e. The van der Waals surface area contributed by atoms with Crippen LogP contribution in [-0.2, 0) is 4.79 Å². The van der Waals surface area contributed by atoms with Crippen molar-refractivity contribution < 1.29 is 19.8 Å². The van der Waals surface area contributed by atoms with E-state index < -0.39 is 17.7 Å². The van der Waals surface area contributed by atoms with Gasteiger partial charge >= 0.3 is 12.1 Å². The van der Waals surface area contributed by atoms with E-state index in [1.807, 2.05) is 0 Å². The van der Waals surface area contributed by atoms with E-state index in [9.17, 15) is 15.2 Å². The highest BCUT2D eigenvalue weighted by molar-refractivity contribution is 5.92. The molecule has 1 saturated carbocycles. The second kappa shape index (κ2) is 3.18. The third-order valence-electron chi connectivity index (χ3n) is 3.40. The van der Waals surface area contributed by atoms with Crippen LogP contribution in [0.3, 0.4) is 0 Å². The molecule has 0 aromatic rings. The molecule has 1 aliphatic carbocycles. The van der Waals surface area contributed by atoms with Crippen LogP contribution in [0, 0.1) is 5.21 Å². The molecule has 84 valence electrons. The lowest BCUT2D eigenvalue weighted by atomic mass is 9.82. The van der Waals surface area contributed by atoms with E-state index >= 15 is 0 Å². The molecule has 2 aliphatic rings. The van der Waals surface area contributed by atoms with Crippen molar-refractivity contribution in [2.45, 2.75) is 44.3 Å². The number of hydroxylamine groups is 3. The van der Waals surface area contributed by atoms with Gasteiger partial charge in [0.25, 0.3) is 0 Å². The number of hydrogen-bond acceptors (Lipinski definition) is 4. The fraction of sp³-hybridized carbons (Fsp3) is 0.778. The zero-order valence-corrected chi connectivity index (χ0v) is 8.51. The van der Waals surface area contributed by atoms with E-state index in [4.69, 9.17) is 5.11 Å². The predicted molar refractivity (Wildman–Crippen MR) is 50.6 cm³/mol. The standard InChI is InChI=1S/C9H14N2O4/c1-9-5-3-2-4-6(9)10(14)7(8(12)13)11(9)15/h7,15H,2-5H2,1H3,(H,12,13). The number of nitrogens with zero attached hydrogens (tertiary/aromatic N) is 2. The molecule has 1 heterocycles. The summed E-state index contributed by atoms with van der Waals surface area (Å²) in [6.45, 7) is 1.72. The lowest BCUT2D eigenvalue weighted by molar-refractivity contribution is -0.523. The van der Waals surface area contributed by atoms with Gasteiger partial charge in [-0.25, -0.2) is 4.79 Å². The minimum Gasteiger partial charge on any atom is -0.622 e. The zero-order valence-electron chi connectivity index (χ0n) is 8.51. The molecule has 0 radical (unpaired) electrons. The number of carbonyl (C=O) groups is 1. The summed E-state index contributed by atoms with van der Waals surface area (Å²) >= 11 is 0. The number of hydrogen-bond donors (Lipinski definition) is 2. The highest BCUT2D eigenvalue weighted by Gasteiger charge is 2.57. The Hall–Kier alpha value is -1.14. The topological polar surface area (TPSA) is 86.8 Å². The normalized spacial score (nSPS) is 36.8. The Morgan fingerprint density at radius 3 is 2.87 bits per heavy atom. The number of fused-ring (bicyclic) bond motifs is 1. The van der Waals surface area contributed by atoms with Crippen LogP contribution < -0.4 is 0 Å². The summed E-state index contributed by atoms with van der Waals surface area (Å²) in [5.74, 6) is -1.31. The maximum Gasteiger partial charge on any atom is 0.393 e. The molecule has 15 heavy (non-hydrogen) atoms. The average Bonchev–Trinajstić information content (AvgIpc) is 2.36. The molecule has 1 aliphatic heterocycles. The smallest absolute Gasteiger partial charge is 0.393 e. The Labute approximate surface area is 87.0 Å². The van der Waals surface area contributed by atoms with Crippen LogP contribution >= 0.6 is 0 Å². The van der Waals surface area contributed by atoms with Crippen molar-refractivity contribution in [2.75, 3.05) is 0 Å². The maximum atomic E-state index is 11.7. The van der Waals surface area contributed by atoms with E-state index in [1.54, 1.807) is 6.92 Å². The number of rotatable bonds is 1. The van der Waals surface area contributed by atoms with Gasteiger partial charge < -0.3 is 15.5 Å². The van der Waals surface area contributed by atoms with Crippen molar-refractivity contribution in [1.82, 2.24) is 5.06 Å². The molecular formula is C9H14N2O4. The van der Waals surface area contributed by atoms with E-state index in [0.717, 1.165) is 12.8 Å². The fourth-order valence-corrected chi connectivity index (χ4v) is 2.49. The zero-order chi connectivity index (χ0) is 11.2. The molecule has 0 spiro atoms. The van der Waals surface area contributed by atoms with Crippen LogP contribution in [0.5, 0.6) is 0 Å². The monoisotopic (exact) mass is 214 g/mol. The van der Waals surface area contributed by atoms with Gasteiger partial charge in [0.2, 0.25) is 0 Å². The highest BCUT2D eigenvalue weighted by atomic mass is 16.6. The minimum absolute atomic E-state index is 0.446. The van der Waals surface area contributed by atoms with Crippen LogP contribution in [0.4, 0.5) is 0 Å². The fourth-order valence-electron chi connectivity index (χ4n) is 2.49. The molecule has 0 bridgehead atoms. The first-order chi connectivity index (χ1) is 6.98. The van der Waals surface area contributed by atoms with Crippen molar-refractivity contribution in [3.05, 3.63) is 5.21 Å². The Morgan fingerprint density at radius 1 is 1.67 bits per heavy atom. The van der Waals surface area contributed by atoms with Crippen LogP contribution in [0.1, 0.15) is 32.6 Å². The van der Waals surface area contributed by atoms with Crippen LogP contribution in [0.25, 0.3) is 0 Å². The van der Waals surface area contributed by atoms with Gasteiger partial charge in [-0.05, 0) is 19.8 Å². The van der Waals surface area contributed by atoms with Gasteiger partial charge in [0.1, 0.15) is 5.54 Å². The van der Waals surface area contributed by atoms with Gasteiger partial charge in [-0.1, -0.05) is 6.42 Å². The molecule has 0 amide bonds. The Bertz CT molecular complexity index is 341. The van der Waals surface area contributed by atoms with Gasteiger partial charge in [0.15, 0.2) is 5.71 Å². The van der Waals surface area contributed by atoms with Gasteiger partial charge in [0.05, 0.1) is 0 Å². The molecule has 2 N–H and O–H groups in total. The van der Waals surface area contributed by atoms with E-state index in [0.29, 0.717) is 28.4 Å². The Balaban J connectivity index is 2.43. The SMILES string of the molecule is CC12CCCCC1=[N+]([O-])C(C(=O)O)N2O. The molecule has 6 nitrogen and oxygen atoms in total. The number of carboxylic acids is 1. The molecule has 0 saturated heterocycles. The molecular weight excluding hydrogens is 200 g/mol. The van der Waals surface area contributed by atoms with Crippen LogP contribution in [0.2, 0.25) is 0 Å². The van der Waals surface area contributed by atoms with Crippen molar-refractivity contribution in [3.63, 3.8) is 0 Å². The summed E-state index contributed by atoms with van der Waals surface area (Å²) < 4.78 is 0.446. The quantitative estimate of drug-likeness (QED) is 0.487. The van der Waals surface area contributed by atoms with E-state index in [-0.39, 0.29) is 0 Å². The number of carboxylic acid groups (broad SMARTS) is 1. The van der Waals surface area contributed by atoms with Crippen LogP contribution in [0.15, 0.2) is 0 Å². The first-order valence-corrected chi connectivity index (χ1v) is 5.02. The molecule has 6 heteroatoms. The minimum atomic E-state index is -1.48. The van der Waals surface area contributed by atoms with Gasteiger partial charge in [-0.2, -0.15) is 4.74 Å². The van der Waals surface area contributed by atoms with Crippen molar-refractivity contribution >= 4 is 11.7 Å². The first-order valence-electron chi connectivity index (χ1n) is 5.02. The number of aliphatic carboxylic acids is 1. The molecule has 2 atom stereocenters. The summed E-state index contributed by atoms with van der Waals surface area (Å²) in [6, 6.07) is 0. The summed E-state index contributed by atoms with van der Waals surface area (Å²) in [7, 11) is 0. The van der Waals surface area contributed by atoms with Gasteiger partial charge in [0, 0.05) is 6.42 Å². The average molecular weight is 214 g/mol. The maximum absolute atomic E-state index is 11.7. The summed E-state index contributed by atoms with van der Waals surface area (Å²) in [5, 5.41) is 31.0. The third-order valence-corrected chi connectivity index (χ3v) is 3.40. The molecule has 0 aromatic carbocycles. The van der Waals surface area contributed by atoms with Crippen LogP contribution in [-0.4, -0.2) is 43.5 Å². The van der Waals surface area contributed by atoms with Crippen molar-refractivity contribution in [1.29, 1.82) is 0 Å². The second-order valence-corrected chi connectivity index (χ2v) is 4.31. The van der Waals surface area contributed by atoms with Gasteiger partial charge in [-0.3, -0.25) is 0 Å². The first kappa shape index (κ1) is 10.4. The molecule has 2 rings (SSSR count). The van der Waals surface area contributed by atoms with Crippen molar-refractivity contribution in [3.8, 4) is 0 Å². The second-order valence-electron chi connectivity index (χ2n) is 4.31. The Morgan fingerprint density at radius 2 is 2.33 bits per heavy atom. The van der Waals surface area contributed by atoms with Crippen molar-refractivity contribution in [2.24, 2.45) is 0 Å². The lowest BCUT2D eigenvalue weighted by Gasteiger charge is -2.31. The summed E-state index contributed by atoms with van der Waals surface area (Å²) in [6.07, 6.45) is 1.49. The third kappa shape index (κ3) is 1.25. The van der Waals surface area contributed by atoms with E-state index in [2.05, 4.69) is 0 Å². The predicted octanol–water partition coefficient (Wildman–Crippen LogP) is 0.386. The molecule has 2 unspecified atom stereocenters. The van der Waals surface area contributed by atoms with Gasteiger partial charge in [-0.15, -0.1) is 5.06 Å². The summed E-state index contributed by atoms with van der Waals surface area (Å²) in [5.41, 5.74) is -0.299. The molecule has 1 fully saturated rings. The highest BCUT2D eigenvalue weighted by Crippen LogP contribution is 2.36. The van der Waals surface area contributed by atoms with E-state index in [1.165, 1.54) is 0 Å².